The molecular weight excluding hydrogens is 222 g/mol. The highest BCUT2D eigenvalue weighted by atomic mass is 16.5. The lowest BCUT2D eigenvalue weighted by molar-refractivity contribution is 0.149. The molecule has 1 N–H and O–H groups in total. The van der Waals surface area contributed by atoms with Crippen LogP contribution in [-0.2, 0) is 6.42 Å². The van der Waals surface area contributed by atoms with Crippen molar-refractivity contribution in [2.75, 3.05) is 13.1 Å². The third-order valence-electron chi connectivity index (χ3n) is 3.11. The number of benzene rings is 1. The van der Waals surface area contributed by atoms with E-state index < -0.39 is 0 Å². The lowest BCUT2D eigenvalue weighted by Gasteiger charge is -2.23. The van der Waals surface area contributed by atoms with Crippen LogP contribution in [0.3, 0.4) is 0 Å². The molecule has 0 bridgehead atoms. The molecule has 0 saturated carbocycles. The van der Waals surface area contributed by atoms with Gasteiger partial charge in [-0.1, -0.05) is 39.8 Å². The summed E-state index contributed by atoms with van der Waals surface area (Å²) in [5, 5.41) is 3.44. The number of hydrogen-bond donors (Lipinski definition) is 1. The van der Waals surface area contributed by atoms with E-state index in [0.29, 0.717) is 5.92 Å². The van der Waals surface area contributed by atoms with Gasteiger partial charge in [0.25, 0.3) is 0 Å². The standard InChI is InChI=1S/C16H27NO/c1-5-10-17-12-16(13(3)4)18-15-9-7-8-14(6-2)11-15/h7-9,11,13,16-17H,5-6,10,12H2,1-4H3. The summed E-state index contributed by atoms with van der Waals surface area (Å²) >= 11 is 0. The van der Waals surface area contributed by atoms with Gasteiger partial charge in [-0.3, -0.25) is 0 Å². The van der Waals surface area contributed by atoms with Gasteiger partial charge in [0, 0.05) is 6.54 Å². The average Bonchev–Trinajstić information content (AvgIpc) is 2.38. The summed E-state index contributed by atoms with van der Waals surface area (Å²) in [6, 6.07) is 8.42. The van der Waals surface area contributed by atoms with E-state index in [4.69, 9.17) is 4.74 Å². The Bertz CT molecular complexity index is 336. The van der Waals surface area contributed by atoms with Gasteiger partial charge in [-0.25, -0.2) is 0 Å². The first kappa shape index (κ1) is 15.0. The van der Waals surface area contributed by atoms with Crippen LogP contribution in [0.1, 0.15) is 39.7 Å². The molecule has 18 heavy (non-hydrogen) atoms. The molecule has 0 aliphatic rings. The SMILES string of the molecule is CCCNCC(Oc1cccc(CC)c1)C(C)C. The lowest BCUT2D eigenvalue weighted by atomic mass is 10.1. The van der Waals surface area contributed by atoms with E-state index in [1.165, 1.54) is 5.56 Å². The van der Waals surface area contributed by atoms with Gasteiger partial charge in [0.15, 0.2) is 0 Å². The fraction of sp³-hybridized carbons (Fsp3) is 0.625. The zero-order valence-electron chi connectivity index (χ0n) is 12.2. The molecule has 2 heteroatoms. The second-order valence-electron chi connectivity index (χ2n) is 5.11. The average molecular weight is 249 g/mol. The minimum absolute atomic E-state index is 0.239. The zero-order valence-corrected chi connectivity index (χ0v) is 12.2. The molecule has 0 spiro atoms. The van der Waals surface area contributed by atoms with E-state index in [2.05, 4.69) is 51.2 Å². The molecule has 1 aromatic rings. The van der Waals surface area contributed by atoms with Crippen LogP contribution in [-0.4, -0.2) is 19.2 Å². The summed E-state index contributed by atoms with van der Waals surface area (Å²) in [6.07, 6.45) is 2.46. The highest BCUT2D eigenvalue weighted by Gasteiger charge is 2.14. The summed E-state index contributed by atoms with van der Waals surface area (Å²) in [5.74, 6) is 1.51. The Kier molecular flexibility index (Phi) is 6.81. The zero-order chi connectivity index (χ0) is 13.4. The minimum Gasteiger partial charge on any atom is -0.489 e. The van der Waals surface area contributed by atoms with E-state index in [1.807, 2.05) is 6.07 Å². The number of rotatable bonds is 8. The van der Waals surface area contributed by atoms with E-state index in [9.17, 15) is 0 Å². The van der Waals surface area contributed by atoms with Crippen LogP contribution in [0, 0.1) is 5.92 Å². The summed E-state index contributed by atoms with van der Waals surface area (Å²) in [7, 11) is 0. The van der Waals surface area contributed by atoms with Crippen LogP contribution in [0.2, 0.25) is 0 Å². The molecule has 0 aliphatic carbocycles. The maximum Gasteiger partial charge on any atom is 0.120 e. The van der Waals surface area contributed by atoms with Gasteiger partial charge in [-0.15, -0.1) is 0 Å². The van der Waals surface area contributed by atoms with E-state index in [1.54, 1.807) is 0 Å². The van der Waals surface area contributed by atoms with E-state index in [-0.39, 0.29) is 6.10 Å². The molecule has 1 atom stereocenters. The molecule has 0 fully saturated rings. The van der Waals surface area contributed by atoms with Crippen molar-refractivity contribution in [3.63, 3.8) is 0 Å². The first-order valence-electron chi connectivity index (χ1n) is 7.13. The highest BCUT2D eigenvalue weighted by molar-refractivity contribution is 5.28. The highest BCUT2D eigenvalue weighted by Crippen LogP contribution is 2.17. The Morgan fingerprint density at radius 2 is 2.00 bits per heavy atom. The van der Waals surface area contributed by atoms with Crippen LogP contribution in [0.25, 0.3) is 0 Å². The molecule has 2 nitrogen and oxygen atoms in total. The number of aryl methyl sites for hydroxylation is 1. The van der Waals surface area contributed by atoms with Crippen LogP contribution >= 0.6 is 0 Å². The fourth-order valence-corrected chi connectivity index (χ4v) is 1.85. The van der Waals surface area contributed by atoms with Crippen LogP contribution in [0.4, 0.5) is 0 Å². The Labute approximate surface area is 112 Å². The molecule has 0 saturated heterocycles. The third kappa shape index (κ3) is 5.09. The van der Waals surface area contributed by atoms with Crippen molar-refractivity contribution in [3.8, 4) is 5.75 Å². The van der Waals surface area contributed by atoms with Crippen molar-refractivity contribution < 1.29 is 4.74 Å². The predicted molar refractivity (Wildman–Crippen MR) is 78.2 cm³/mol. The molecule has 0 heterocycles. The normalized spacial score (nSPS) is 12.7. The van der Waals surface area contributed by atoms with Gasteiger partial charge < -0.3 is 10.1 Å². The second-order valence-corrected chi connectivity index (χ2v) is 5.11. The maximum atomic E-state index is 6.10. The van der Waals surface area contributed by atoms with Gasteiger partial charge >= 0.3 is 0 Å². The number of hydrogen-bond acceptors (Lipinski definition) is 2. The second kappa shape index (κ2) is 8.15. The molecule has 0 aromatic heterocycles. The van der Waals surface area contributed by atoms with Gasteiger partial charge in [0.2, 0.25) is 0 Å². The van der Waals surface area contributed by atoms with Crippen molar-refractivity contribution in [1.82, 2.24) is 5.32 Å². The van der Waals surface area contributed by atoms with Gasteiger partial charge in [0.1, 0.15) is 11.9 Å². The van der Waals surface area contributed by atoms with E-state index in [0.717, 1.165) is 31.7 Å². The van der Waals surface area contributed by atoms with Gasteiger partial charge in [0.05, 0.1) is 0 Å². The molecule has 0 amide bonds. The Hall–Kier alpha value is -1.02. The van der Waals surface area contributed by atoms with Gasteiger partial charge in [-0.2, -0.15) is 0 Å². The fourth-order valence-electron chi connectivity index (χ4n) is 1.85. The molecular formula is C16H27NO. The molecule has 0 radical (unpaired) electrons. The Morgan fingerprint density at radius 1 is 1.22 bits per heavy atom. The van der Waals surface area contributed by atoms with Crippen LogP contribution in [0.15, 0.2) is 24.3 Å². The third-order valence-corrected chi connectivity index (χ3v) is 3.11. The molecule has 102 valence electrons. The van der Waals surface area contributed by atoms with E-state index >= 15 is 0 Å². The van der Waals surface area contributed by atoms with Crippen molar-refractivity contribution in [1.29, 1.82) is 0 Å². The smallest absolute Gasteiger partial charge is 0.120 e. The first-order chi connectivity index (χ1) is 8.67. The van der Waals surface area contributed by atoms with Crippen molar-refractivity contribution >= 4 is 0 Å². The number of nitrogens with one attached hydrogen (secondary N) is 1. The van der Waals surface area contributed by atoms with Crippen molar-refractivity contribution in [2.24, 2.45) is 5.92 Å². The van der Waals surface area contributed by atoms with Crippen molar-refractivity contribution in [3.05, 3.63) is 29.8 Å². The van der Waals surface area contributed by atoms with Crippen molar-refractivity contribution in [2.45, 2.75) is 46.6 Å². The summed E-state index contributed by atoms with van der Waals surface area (Å²) in [5.41, 5.74) is 1.33. The van der Waals surface area contributed by atoms with Crippen LogP contribution < -0.4 is 10.1 Å². The monoisotopic (exact) mass is 249 g/mol. The predicted octanol–water partition coefficient (Wildman–Crippen LogP) is 3.65. The lowest BCUT2D eigenvalue weighted by Crippen LogP contribution is -2.35. The molecule has 0 aliphatic heterocycles. The molecule has 1 unspecified atom stereocenters. The quantitative estimate of drug-likeness (QED) is 0.710. The largest absolute Gasteiger partial charge is 0.489 e. The number of ether oxygens (including phenoxy) is 1. The minimum atomic E-state index is 0.239. The Morgan fingerprint density at radius 3 is 2.61 bits per heavy atom. The van der Waals surface area contributed by atoms with Crippen LogP contribution in [0.5, 0.6) is 5.75 Å². The Balaban J connectivity index is 2.58. The maximum absolute atomic E-state index is 6.10. The molecule has 1 aromatic carbocycles. The summed E-state index contributed by atoms with van der Waals surface area (Å²) < 4.78 is 6.10. The molecule has 1 rings (SSSR count). The first-order valence-corrected chi connectivity index (χ1v) is 7.13. The topological polar surface area (TPSA) is 21.3 Å². The summed E-state index contributed by atoms with van der Waals surface area (Å²) in [4.78, 5) is 0. The summed E-state index contributed by atoms with van der Waals surface area (Å²) in [6.45, 7) is 10.7. The van der Waals surface area contributed by atoms with Gasteiger partial charge in [-0.05, 0) is 43.0 Å².